The SMILES string of the molecule is CNCc1ccc(CSCCNc2nsnc2NCCSCc2ccc(CNC)o2)o1. The fourth-order valence-corrected chi connectivity index (χ4v) is 4.79. The molecule has 0 aromatic carbocycles. The zero-order valence-electron chi connectivity index (χ0n) is 17.9. The number of furan rings is 2. The number of nitrogens with one attached hydrogen (secondary N) is 4. The minimum atomic E-state index is 0.762. The molecule has 31 heavy (non-hydrogen) atoms. The smallest absolute Gasteiger partial charge is 0.184 e. The fourth-order valence-electron chi connectivity index (χ4n) is 2.79. The van der Waals surface area contributed by atoms with Crippen LogP contribution in [0.4, 0.5) is 11.6 Å². The van der Waals surface area contributed by atoms with Crippen LogP contribution >= 0.6 is 35.3 Å². The fraction of sp³-hybridized carbons (Fsp3) is 0.500. The Kier molecular flexibility index (Phi) is 10.6. The Bertz CT molecular complexity index is 813. The number of anilines is 2. The summed E-state index contributed by atoms with van der Waals surface area (Å²) in [5, 5.41) is 12.9. The molecule has 0 aliphatic carbocycles. The standard InChI is InChI=1S/C20H30N6O2S3/c1-21-11-15-3-5-17(27-15)13-29-9-7-23-19-20(26-31-25-19)24-8-10-30-14-18-6-4-16(28-18)12-22-2/h3-6,21-22H,7-14H2,1-2H3,(H,23,25)(H,24,26). The summed E-state index contributed by atoms with van der Waals surface area (Å²) in [6.07, 6.45) is 0. The van der Waals surface area contributed by atoms with Crippen LogP contribution in [0.2, 0.25) is 0 Å². The zero-order chi connectivity index (χ0) is 21.7. The van der Waals surface area contributed by atoms with Crippen LogP contribution in [0, 0.1) is 0 Å². The second-order valence-corrected chi connectivity index (χ2v) is 9.46. The van der Waals surface area contributed by atoms with Crippen molar-refractivity contribution >= 4 is 46.9 Å². The molecule has 3 heterocycles. The summed E-state index contributed by atoms with van der Waals surface area (Å²) >= 11 is 4.89. The lowest BCUT2D eigenvalue weighted by molar-refractivity contribution is 0.468. The van der Waals surface area contributed by atoms with Crippen LogP contribution in [0.1, 0.15) is 23.0 Å². The van der Waals surface area contributed by atoms with E-state index in [9.17, 15) is 0 Å². The lowest BCUT2D eigenvalue weighted by Gasteiger charge is -2.07. The monoisotopic (exact) mass is 482 g/mol. The van der Waals surface area contributed by atoms with Crippen LogP contribution in [0.5, 0.6) is 0 Å². The molecule has 0 aliphatic rings. The van der Waals surface area contributed by atoms with E-state index in [1.165, 1.54) is 11.7 Å². The van der Waals surface area contributed by atoms with Crippen molar-refractivity contribution in [2.24, 2.45) is 0 Å². The normalized spacial score (nSPS) is 11.2. The zero-order valence-corrected chi connectivity index (χ0v) is 20.4. The highest BCUT2D eigenvalue weighted by Gasteiger charge is 2.08. The summed E-state index contributed by atoms with van der Waals surface area (Å²) in [7, 11) is 3.83. The molecule has 11 heteroatoms. The average Bonchev–Trinajstić information content (AvgIpc) is 3.50. The van der Waals surface area contributed by atoms with Crippen LogP contribution in [0.3, 0.4) is 0 Å². The first-order valence-corrected chi connectivity index (χ1v) is 13.2. The number of aromatic nitrogens is 2. The Morgan fingerprint density at radius 3 is 1.65 bits per heavy atom. The van der Waals surface area contributed by atoms with Gasteiger partial charge < -0.3 is 30.1 Å². The maximum atomic E-state index is 5.75. The van der Waals surface area contributed by atoms with Crippen molar-refractivity contribution in [3.63, 3.8) is 0 Å². The number of hydrogen-bond donors (Lipinski definition) is 4. The van der Waals surface area contributed by atoms with Crippen molar-refractivity contribution in [3.05, 3.63) is 47.3 Å². The third-order valence-electron chi connectivity index (χ3n) is 4.19. The van der Waals surface area contributed by atoms with Gasteiger partial charge in [0.25, 0.3) is 0 Å². The topological polar surface area (TPSA) is 100 Å². The molecule has 0 amide bonds. The third kappa shape index (κ3) is 8.41. The van der Waals surface area contributed by atoms with Crippen molar-refractivity contribution in [3.8, 4) is 0 Å². The highest BCUT2D eigenvalue weighted by molar-refractivity contribution is 7.98. The maximum Gasteiger partial charge on any atom is 0.184 e. The molecule has 0 unspecified atom stereocenters. The summed E-state index contributed by atoms with van der Waals surface area (Å²) in [5.74, 6) is 9.30. The molecule has 170 valence electrons. The van der Waals surface area contributed by atoms with E-state index in [1.807, 2.05) is 61.9 Å². The van der Waals surface area contributed by atoms with E-state index in [2.05, 4.69) is 30.0 Å². The van der Waals surface area contributed by atoms with E-state index < -0.39 is 0 Å². The minimum Gasteiger partial charge on any atom is -0.464 e. The Morgan fingerprint density at radius 1 is 0.742 bits per heavy atom. The van der Waals surface area contributed by atoms with E-state index in [-0.39, 0.29) is 0 Å². The molecule has 0 bridgehead atoms. The molecule has 8 nitrogen and oxygen atoms in total. The molecule has 0 spiro atoms. The van der Waals surface area contributed by atoms with E-state index in [4.69, 9.17) is 8.83 Å². The van der Waals surface area contributed by atoms with Crippen molar-refractivity contribution in [1.29, 1.82) is 0 Å². The van der Waals surface area contributed by atoms with E-state index in [0.29, 0.717) is 0 Å². The van der Waals surface area contributed by atoms with Crippen LogP contribution < -0.4 is 21.3 Å². The number of rotatable bonds is 16. The van der Waals surface area contributed by atoms with Gasteiger partial charge in [0.2, 0.25) is 0 Å². The highest BCUT2D eigenvalue weighted by atomic mass is 32.2. The highest BCUT2D eigenvalue weighted by Crippen LogP contribution is 2.20. The molecule has 0 fully saturated rings. The van der Waals surface area contributed by atoms with E-state index in [0.717, 1.165) is 83.9 Å². The summed E-state index contributed by atoms with van der Waals surface area (Å²) in [4.78, 5) is 0. The second-order valence-electron chi connectivity index (χ2n) is 6.72. The van der Waals surface area contributed by atoms with Gasteiger partial charge in [-0.3, -0.25) is 0 Å². The third-order valence-corrected chi connectivity index (χ3v) is 6.68. The predicted molar refractivity (Wildman–Crippen MR) is 132 cm³/mol. The van der Waals surface area contributed by atoms with Gasteiger partial charge in [0.05, 0.1) is 36.3 Å². The van der Waals surface area contributed by atoms with Crippen LogP contribution in [0.15, 0.2) is 33.1 Å². The van der Waals surface area contributed by atoms with Crippen LogP contribution in [-0.4, -0.2) is 47.4 Å². The summed E-state index contributed by atoms with van der Waals surface area (Å²) < 4.78 is 20.2. The quantitative estimate of drug-likeness (QED) is 0.225. The second kappa shape index (κ2) is 13.7. The maximum absolute atomic E-state index is 5.75. The van der Waals surface area contributed by atoms with Gasteiger partial charge in [-0.25, -0.2) is 0 Å². The van der Waals surface area contributed by atoms with Crippen molar-refractivity contribution in [1.82, 2.24) is 19.4 Å². The summed E-state index contributed by atoms with van der Waals surface area (Å²) in [6, 6.07) is 8.14. The van der Waals surface area contributed by atoms with Gasteiger partial charge in [-0.05, 0) is 38.4 Å². The van der Waals surface area contributed by atoms with Gasteiger partial charge in [-0.15, -0.1) is 0 Å². The molecule has 0 atom stereocenters. The molecule has 3 aromatic rings. The molecule has 0 saturated carbocycles. The van der Waals surface area contributed by atoms with Gasteiger partial charge in [-0.2, -0.15) is 32.3 Å². The summed E-state index contributed by atoms with van der Waals surface area (Å²) in [6.45, 7) is 3.18. The summed E-state index contributed by atoms with van der Waals surface area (Å²) in [5.41, 5.74) is 0. The Labute approximate surface area is 196 Å². The molecule has 3 rings (SSSR count). The lowest BCUT2D eigenvalue weighted by atomic mass is 10.4. The first-order chi connectivity index (χ1) is 15.3. The number of nitrogens with zero attached hydrogens (tertiary/aromatic N) is 2. The van der Waals surface area contributed by atoms with Gasteiger partial charge in [0.1, 0.15) is 23.0 Å². The molecule has 0 radical (unpaired) electrons. The average molecular weight is 483 g/mol. The van der Waals surface area contributed by atoms with Crippen LogP contribution in [0.25, 0.3) is 0 Å². The molecular weight excluding hydrogens is 452 g/mol. The Balaban J connectivity index is 1.26. The first-order valence-electron chi connectivity index (χ1n) is 10.2. The van der Waals surface area contributed by atoms with Crippen molar-refractivity contribution < 1.29 is 8.83 Å². The van der Waals surface area contributed by atoms with E-state index in [1.54, 1.807) is 0 Å². The molecular formula is C20H30N6O2S3. The Morgan fingerprint density at radius 2 is 1.19 bits per heavy atom. The molecule has 0 saturated heterocycles. The van der Waals surface area contributed by atoms with Crippen LogP contribution in [-0.2, 0) is 24.6 Å². The molecule has 3 aromatic heterocycles. The lowest BCUT2D eigenvalue weighted by Crippen LogP contribution is -2.10. The first kappa shape index (κ1) is 24.0. The van der Waals surface area contributed by atoms with Gasteiger partial charge in [-0.1, -0.05) is 0 Å². The minimum absolute atomic E-state index is 0.762. The molecule has 0 aliphatic heterocycles. The predicted octanol–water partition coefficient (Wildman–Crippen LogP) is 3.85. The van der Waals surface area contributed by atoms with Gasteiger partial charge >= 0.3 is 0 Å². The molecule has 4 N–H and O–H groups in total. The van der Waals surface area contributed by atoms with Crippen molar-refractivity contribution in [2.45, 2.75) is 24.6 Å². The number of thioether (sulfide) groups is 2. The van der Waals surface area contributed by atoms with Gasteiger partial charge in [0.15, 0.2) is 11.6 Å². The van der Waals surface area contributed by atoms with E-state index >= 15 is 0 Å². The largest absolute Gasteiger partial charge is 0.464 e. The van der Waals surface area contributed by atoms with Crippen molar-refractivity contribution in [2.75, 3.05) is 49.3 Å². The number of hydrogen-bond acceptors (Lipinski definition) is 11. The van der Waals surface area contributed by atoms with Gasteiger partial charge in [0, 0.05) is 24.6 Å². The Hall–Kier alpha value is -1.66.